The summed E-state index contributed by atoms with van der Waals surface area (Å²) >= 11 is 0. The summed E-state index contributed by atoms with van der Waals surface area (Å²) in [6, 6.07) is 4.64. The van der Waals surface area contributed by atoms with Crippen LogP contribution < -0.4 is 5.90 Å². The Bertz CT molecular complexity index is 785. The van der Waals surface area contributed by atoms with E-state index in [1.165, 1.54) is 6.07 Å². The van der Waals surface area contributed by atoms with Gasteiger partial charge in [-0.3, -0.25) is 9.63 Å². The fourth-order valence-corrected chi connectivity index (χ4v) is 3.64. The largest absolute Gasteiger partial charge is 0.460 e. The molecule has 1 amide bonds. The predicted octanol–water partition coefficient (Wildman–Crippen LogP) is 3.97. The van der Waals surface area contributed by atoms with E-state index in [1.54, 1.807) is 17.0 Å². The summed E-state index contributed by atoms with van der Waals surface area (Å²) < 4.78 is 25.1. The second-order valence-corrected chi connectivity index (χ2v) is 10.1. The Kier molecular flexibility index (Phi) is 8.05. The normalized spacial score (nSPS) is 18.1. The number of hydrogen-bond acceptors (Lipinski definition) is 6. The minimum absolute atomic E-state index is 0.0629. The number of halogens is 1. The van der Waals surface area contributed by atoms with Crippen molar-refractivity contribution in [3.63, 3.8) is 0 Å². The Morgan fingerprint density at radius 1 is 1.16 bits per heavy atom. The Labute approximate surface area is 184 Å². The van der Waals surface area contributed by atoms with Crippen molar-refractivity contribution in [3.05, 3.63) is 35.1 Å². The zero-order valence-corrected chi connectivity index (χ0v) is 19.4. The van der Waals surface area contributed by atoms with E-state index in [9.17, 15) is 14.0 Å². The molecule has 0 aliphatic carbocycles. The van der Waals surface area contributed by atoms with E-state index >= 15 is 0 Å². The molecule has 0 saturated carbocycles. The standard InChI is InChI=1S/C23H35FN2O5/c1-22(2,3)30-20(27)18(12-15-7-8-19(24)17(11-15)14-29-25)16-9-10-26(13-16)21(28)31-23(4,5)6/h7-8,11,16,18H,9-10,12-14,25H2,1-6H3/t16-,18-/m0/s1. The summed E-state index contributed by atoms with van der Waals surface area (Å²) in [5.41, 5.74) is -0.125. The average Bonchev–Trinajstić information content (AvgIpc) is 3.09. The number of benzene rings is 1. The number of nitrogens with two attached hydrogens (primary N) is 1. The average molecular weight is 439 g/mol. The zero-order chi connectivity index (χ0) is 23.4. The van der Waals surface area contributed by atoms with Crippen molar-refractivity contribution in [3.8, 4) is 0 Å². The molecule has 1 aromatic rings. The number of carbonyl (C=O) groups is 2. The van der Waals surface area contributed by atoms with Crippen LogP contribution in [-0.4, -0.2) is 41.3 Å². The Morgan fingerprint density at radius 3 is 2.39 bits per heavy atom. The molecule has 0 radical (unpaired) electrons. The lowest BCUT2D eigenvalue weighted by Crippen LogP contribution is -2.38. The molecule has 1 saturated heterocycles. The first-order valence-corrected chi connectivity index (χ1v) is 10.6. The molecule has 0 aromatic heterocycles. The van der Waals surface area contributed by atoms with Crippen LogP contribution in [0.25, 0.3) is 0 Å². The molecular formula is C23H35FN2O5. The maximum Gasteiger partial charge on any atom is 0.410 e. The van der Waals surface area contributed by atoms with Crippen LogP contribution in [0.1, 0.15) is 59.1 Å². The summed E-state index contributed by atoms with van der Waals surface area (Å²) in [4.78, 5) is 31.7. The quantitative estimate of drug-likeness (QED) is 0.534. The van der Waals surface area contributed by atoms with E-state index in [1.807, 2.05) is 41.5 Å². The Morgan fingerprint density at radius 2 is 1.81 bits per heavy atom. The van der Waals surface area contributed by atoms with Gasteiger partial charge in [-0.25, -0.2) is 15.1 Å². The van der Waals surface area contributed by atoms with Crippen LogP contribution in [0.2, 0.25) is 0 Å². The van der Waals surface area contributed by atoms with Gasteiger partial charge < -0.3 is 14.4 Å². The number of hydrogen-bond donors (Lipinski definition) is 1. The topological polar surface area (TPSA) is 91.1 Å². The van der Waals surface area contributed by atoms with Crippen molar-refractivity contribution in [2.75, 3.05) is 13.1 Å². The first-order valence-electron chi connectivity index (χ1n) is 10.6. The van der Waals surface area contributed by atoms with E-state index in [-0.39, 0.29) is 24.6 Å². The fourth-order valence-electron chi connectivity index (χ4n) is 3.64. The van der Waals surface area contributed by atoms with E-state index in [2.05, 4.69) is 4.84 Å². The first kappa shape index (κ1) is 25.1. The Hall–Kier alpha value is -2.19. The van der Waals surface area contributed by atoms with Crippen LogP contribution in [0.5, 0.6) is 0 Å². The highest BCUT2D eigenvalue weighted by Crippen LogP contribution is 2.31. The van der Waals surface area contributed by atoms with E-state index in [4.69, 9.17) is 15.4 Å². The van der Waals surface area contributed by atoms with E-state index in [0.29, 0.717) is 31.5 Å². The molecule has 1 aromatic carbocycles. The van der Waals surface area contributed by atoms with Gasteiger partial charge in [0.1, 0.15) is 17.0 Å². The number of esters is 1. The van der Waals surface area contributed by atoms with Crippen LogP contribution in [-0.2, 0) is 32.1 Å². The van der Waals surface area contributed by atoms with E-state index < -0.39 is 22.9 Å². The van der Waals surface area contributed by atoms with Gasteiger partial charge in [0.05, 0.1) is 12.5 Å². The molecule has 7 nitrogen and oxygen atoms in total. The van der Waals surface area contributed by atoms with Gasteiger partial charge in [0.15, 0.2) is 0 Å². The monoisotopic (exact) mass is 438 g/mol. The Balaban J connectivity index is 2.21. The van der Waals surface area contributed by atoms with Crippen LogP contribution in [0.3, 0.4) is 0 Å². The highest BCUT2D eigenvalue weighted by Gasteiger charge is 2.39. The maximum absolute atomic E-state index is 14.0. The van der Waals surface area contributed by atoms with Gasteiger partial charge in [0.2, 0.25) is 0 Å². The lowest BCUT2D eigenvalue weighted by molar-refractivity contribution is -0.161. The summed E-state index contributed by atoms with van der Waals surface area (Å²) in [5.74, 6) is 3.77. The van der Waals surface area contributed by atoms with Gasteiger partial charge in [0, 0.05) is 18.7 Å². The molecule has 0 bridgehead atoms. The lowest BCUT2D eigenvalue weighted by atomic mass is 9.85. The summed E-state index contributed by atoms with van der Waals surface area (Å²) in [6.45, 7) is 11.8. The van der Waals surface area contributed by atoms with Gasteiger partial charge in [0.25, 0.3) is 0 Å². The van der Waals surface area contributed by atoms with Gasteiger partial charge in [-0.1, -0.05) is 12.1 Å². The number of likely N-dealkylation sites (tertiary alicyclic amines) is 1. The molecule has 1 fully saturated rings. The summed E-state index contributed by atoms with van der Waals surface area (Å²) in [6.07, 6.45) is 0.630. The number of nitrogens with zero attached hydrogens (tertiary/aromatic N) is 1. The van der Waals surface area contributed by atoms with Crippen LogP contribution >= 0.6 is 0 Å². The smallest absolute Gasteiger partial charge is 0.410 e. The molecule has 0 spiro atoms. The zero-order valence-electron chi connectivity index (χ0n) is 19.4. The highest BCUT2D eigenvalue weighted by atomic mass is 19.1. The molecule has 0 unspecified atom stereocenters. The number of rotatable bonds is 6. The molecule has 174 valence electrons. The SMILES string of the molecule is CC(C)(C)OC(=O)[C@@H](Cc1ccc(F)c(CON)c1)[C@H]1CCN(C(=O)OC(C)(C)C)C1. The highest BCUT2D eigenvalue weighted by molar-refractivity contribution is 5.74. The minimum atomic E-state index is -0.639. The van der Waals surface area contributed by atoms with Crippen molar-refractivity contribution in [2.24, 2.45) is 17.7 Å². The summed E-state index contributed by atoms with van der Waals surface area (Å²) in [5, 5.41) is 0. The second kappa shape index (κ2) is 9.96. The van der Waals surface area contributed by atoms with Crippen LogP contribution in [0, 0.1) is 17.7 Å². The molecule has 2 rings (SSSR count). The molecule has 31 heavy (non-hydrogen) atoms. The molecule has 1 aliphatic heterocycles. The third-order valence-electron chi connectivity index (χ3n) is 4.96. The van der Waals surface area contributed by atoms with Gasteiger partial charge in [-0.15, -0.1) is 0 Å². The molecule has 8 heteroatoms. The third-order valence-corrected chi connectivity index (χ3v) is 4.96. The van der Waals surface area contributed by atoms with Crippen molar-refractivity contribution < 1.29 is 28.3 Å². The predicted molar refractivity (Wildman–Crippen MR) is 114 cm³/mol. The van der Waals surface area contributed by atoms with Gasteiger partial charge >= 0.3 is 12.1 Å². The van der Waals surface area contributed by atoms with Crippen molar-refractivity contribution >= 4 is 12.1 Å². The molecule has 1 heterocycles. The minimum Gasteiger partial charge on any atom is -0.460 e. The number of ether oxygens (including phenoxy) is 2. The maximum atomic E-state index is 14.0. The van der Waals surface area contributed by atoms with Crippen molar-refractivity contribution in [1.82, 2.24) is 4.90 Å². The molecule has 2 N–H and O–H groups in total. The first-order chi connectivity index (χ1) is 14.3. The second-order valence-electron chi connectivity index (χ2n) is 10.1. The van der Waals surface area contributed by atoms with E-state index in [0.717, 1.165) is 5.56 Å². The van der Waals surface area contributed by atoms with Crippen molar-refractivity contribution in [2.45, 2.75) is 72.2 Å². The molecule has 2 atom stereocenters. The summed E-state index contributed by atoms with van der Waals surface area (Å²) in [7, 11) is 0. The third kappa shape index (κ3) is 7.78. The molecular weight excluding hydrogens is 403 g/mol. The van der Waals surface area contributed by atoms with Crippen LogP contribution in [0.15, 0.2) is 18.2 Å². The van der Waals surface area contributed by atoms with Crippen LogP contribution in [0.4, 0.5) is 9.18 Å². The lowest BCUT2D eigenvalue weighted by Gasteiger charge is -2.28. The van der Waals surface area contributed by atoms with Crippen molar-refractivity contribution in [1.29, 1.82) is 0 Å². The number of amides is 1. The number of carbonyl (C=O) groups excluding carboxylic acids is 2. The molecule has 1 aliphatic rings. The fraction of sp³-hybridized carbons (Fsp3) is 0.652. The van der Waals surface area contributed by atoms with Gasteiger partial charge in [-0.05, 0) is 71.9 Å². The van der Waals surface area contributed by atoms with Gasteiger partial charge in [-0.2, -0.15) is 0 Å².